The minimum atomic E-state index is -4.92. The standard InChI is InChI=1S/C27H18F3N7O5/c1-13-6-17(2-4-19(13)25(39)40)36-11-22(32-34-36)14-7-15(9-16(8-14)24(31)38)23-12-37(35-33-23)18-3-5-20(26(41)42)21(10-18)27(28,29)30/h2-12H,1H3,(H2,31,38)(H,39,40)(H,41,42). The van der Waals surface area contributed by atoms with Gasteiger partial charge >= 0.3 is 18.1 Å². The summed E-state index contributed by atoms with van der Waals surface area (Å²) in [4.78, 5) is 34.7. The SMILES string of the molecule is Cc1cc(-n2cc(-c3cc(C(N)=O)cc(-c4cn(-c5ccc(C(=O)O)c(C(F)(F)F)c5)nn4)c3)nn2)ccc1C(=O)O. The molecule has 0 fully saturated rings. The first-order chi connectivity index (χ1) is 19.8. The topological polar surface area (TPSA) is 179 Å². The van der Waals surface area contributed by atoms with E-state index in [1.807, 2.05) is 0 Å². The van der Waals surface area contributed by atoms with E-state index in [9.17, 15) is 32.7 Å². The van der Waals surface area contributed by atoms with E-state index in [-0.39, 0.29) is 22.5 Å². The lowest BCUT2D eigenvalue weighted by molar-refractivity contribution is -0.138. The average molecular weight is 577 g/mol. The Bertz CT molecular complexity index is 1900. The van der Waals surface area contributed by atoms with Gasteiger partial charge in [-0.05, 0) is 67.1 Å². The fourth-order valence-electron chi connectivity index (χ4n) is 4.24. The summed E-state index contributed by atoms with van der Waals surface area (Å²) in [6, 6.07) is 11.8. The van der Waals surface area contributed by atoms with Gasteiger partial charge in [0.2, 0.25) is 5.91 Å². The van der Waals surface area contributed by atoms with Gasteiger partial charge in [-0.25, -0.2) is 19.0 Å². The molecule has 2 aromatic heterocycles. The Hall–Kier alpha value is -5.86. The molecule has 0 unspecified atom stereocenters. The van der Waals surface area contributed by atoms with Crippen LogP contribution in [-0.2, 0) is 6.18 Å². The summed E-state index contributed by atoms with van der Waals surface area (Å²) in [5.41, 5.74) is 5.68. The highest BCUT2D eigenvalue weighted by molar-refractivity contribution is 5.96. The van der Waals surface area contributed by atoms with E-state index in [0.29, 0.717) is 34.1 Å². The van der Waals surface area contributed by atoms with Gasteiger partial charge in [0.15, 0.2) is 0 Å². The summed E-state index contributed by atoms with van der Waals surface area (Å²) in [6.07, 6.45) is -2.06. The van der Waals surface area contributed by atoms with Crippen molar-refractivity contribution in [3.05, 3.63) is 94.8 Å². The van der Waals surface area contributed by atoms with Gasteiger partial charge in [0, 0.05) is 16.7 Å². The molecule has 2 heterocycles. The lowest BCUT2D eigenvalue weighted by Crippen LogP contribution is -2.14. The van der Waals surface area contributed by atoms with Crippen molar-refractivity contribution in [1.29, 1.82) is 0 Å². The van der Waals surface area contributed by atoms with Crippen molar-refractivity contribution in [1.82, 2.24) is 30.0 Å². The summed E-state index contributed by atoms with van der Waals surface area (Å²) in [5, 5.41) is 34.5. The number of rotatable bonds is 7. The molecule has 15 heteroatoms. The van der Waals surface area contributed by atoms with E-state index in [1.165, 1.54) is 29.1 Å². The van der Waals surface area contributed by atoms with Crippen LogP contribution in [0.1, 0.15) is 42.2 Å². The van der Waals surface area contributed by atoms with Crippen LogP contribution in [-0.4, -0.2) is 58.0 Å². The zero-order valence-corrected chi connectivity index (χ0v) is 21.4. The van der Waals surface area contributed by atoms with Crippen molar-refractivity contribution >= 4 is 17.8 Å². The van der Waals surface area contributed by atoms with Crippen molar-refractivity contribution in [2.75, 3.05) is 0 Å². The fourth-order valence-corrected chi connectivity index (χ4v) is 4.24. The maximum atomic E-state index is 13.5. The first kappa shape index (κ1) is 27.7. The fraction of sp³-hybridized carbons (Fsp3) is 0.0741. The molecule has 0 spiro atoms. The van der Waals surface area contributed by atoms with Gasteiger partial charge in [0.25, 0.3) is 0 Å². The molecule has 0 aliphatic heterocycles. The second-order valence-electron chi connectivity index (χ2n) is 9.10. The Morgan fingerprint density at radius 3 is 1.71 bits per heavy atom. The van der Waals surface area contributed by atoms with Gasteiger partial charge in [-0.3, -0.25) is 4.79 Å². The van der Waals surface area contributed by atoms with Gasteiger partial charge in [-0.15, -0.1) is 10.2 Å². The molecule has 212 valence electrons. The number of carboxylic acids is 2. The van der Waals surface area contributed by atoms with E-state index in [2.05, 4.69) is 20.6 Å². The first-order valence-electron chi connectivity index (χ1n) is 11.9. The summed E-state index contributed by atoms with van der Waals surface area (Å²) in [6.45, 7) is 1.64. The van der Waals surface area contributed by atoms with Crippen molar-refractivity contribution in [2.45, 2.75) is 13.1 Å². The van der Waals surface area contributed by atoms with E-state index in [0.717, 1.165) is 16.8 Å². The van der Waals surface area contributed by atoms with Crippen molar-refractivity contribution in [3.8, 4) is 33.9 Å². The predicted molar refractivity (Wildman–Crippen MR) is 139 cm³/mol. The number of benzene rings is 3. The van der Waals surface area contributed by atoms with E-state index >= 15 is 0 Å². The monoisotopic (exact) mass is 577 g/mol. The van der Waals surface area contributed by atoms with E-state index in [4.69, 9.17) is 10.8 Å². The molecular formula is C27H18F3N7O5. The number of carbonyl (C=O) groups excluding carboxylic acids is 1. The minimum Gasteiger partial charge on any atom is -0.478 e. The number of halogens is 3. The van der Waals surface area contributed by atoms with Crippen LogP contribution in [0.15, 0.2) is 67.0 Å². The third-order valence-corrected chi connectivity index (χ3v) is 6.30. The molecule has 1 amide bonds. The highest BCUT2D eigenvalue weighted by Gasteiger charge is 2.35. The Labute approximate surface area is 233 Å². The Morgan fingerprint density at radius 2 is 1.26 bits per heavy atom. The van der Waals surface area contributed by atoms with E-state index in [1.54, 1.807) is 31.3 Å². The maximum Gasteiger partial charge on any atom is 0.417 e. The number of carbonyl (C=O) groups is 3. The molecule has 0 saturated heterocycles. The molecule has 0 aliphatic rings. The predicted octanol–water partition coefficient (Wildman–Crippen LogP) is 4.00. The molecule has 0 saturated carbocycles. The molecule has 5 rings (SSSR count). The van der Waals surface area contributed by atoms with Crippen molar-refractivity contribution in [2.24, 2.45) is 5.73 Å². The molecule has 42 heavy (non-hydrogen) atoms. The number of primary amides is 1. The Balaban J connectivity index is 1.52. The van der Waals surface area contributed by atoms with Crippen LogP contribution in [0.25, 0.3) is 33.9 Å². The molecule has 12 nitrogen and oxygen atoms in total. The van der Waals surface area contributed by atoms with Gasteiger partial charge in [-0.1, -0.05) is 10.4 Å². The number of nitrogens with two attached hydrogens (primary N) is 1. The summed E-state index contributed by atoms with van der Waals surface area (Å²) in [5.74, 6) is -3.56. The Morgan fingerprint density at radius 1 is 0.762 bits per heavy atom. The quantitative estimate of drug-likeness (QED) is 0.258. The summed E-state index contributed by atoms with van der Waals surface area (Å²) >= 11 is 0. The van der Waals surface area contributed by atoms with Gasteiger partial charge in [-0.2, -0.15) is 13.2 Å². The number of aryl methyl sites for hydroxylation is 1. The molecule has 3 aromatic carbocycles. The molecule has 0 bridgehead atoms. The van der Waals surface area contributed by atoms with Gasteiger partial charge in [0.05, 0.1) is 40.5 Å². The van der Waals surface area contributed by atoms with Crippen LogP contribution in [0.4, 0.5) is 13.2 Å². The third-order valence-electron chi connectivity index (χ3n) is 6.30. The number of nitrogens with zero attached hydrogens (tertiary/aromatic N) is 6. The summed E-state index contributed by atoms with van der Waals surface area (Å²) < 4.78 is 42.9. The van der Waals surface area contributed by atoms with Crippen LogP contribution in [0.2, 0.25) is 0 Å². The zero-order chi connectivity index (χ0) is 30.3. The first-order valence-corrected chi connectivity index (χ1v) is 11.9. The number of amides is 1. The average Bonchev–Trinajstić information content (AvgIpc) is 3.62. The molecule has 0 radical (unpaired) electrons. The molecular weight excluding hydrogens is 559 g/mol. The normalized spacial score (nSPS) is 11.4. The number of alkyl halides is 3. The van der Waals surface area contributed by atoms with Crippen LogP contribution >= 0.6 is 0 Å². The van der Waals surface area contributed by atoms with Gasteiger partial charge < -0.3 is 15.9 Å². The number of carboxylic acid groups (broad SMARTS) is 2. The lowest BCUT2D eigenvalue weighted by Gasteiger charge is -2.11. The highest BCUT2D eigenvalue weighted by atomic mass is 19.4. The molecule has 0 aliphatic carbocycles. The van der Waals surface area contributed by atoms with Crippen LogP contribution in [0.5, 0.6) is 0 Å². The van der Waals surface area contributed by atoms with Crippen molar-refractivity contribution in [3.63, 3.8) is 0 Å². The lowest BCUT2D eigenvalue weighted by atomic mass is 10.0. The van der Waals surface area contributed by atoms with Crippen LogP contribution < -0.4 is 5.73 Å². The second-order valence-corrected chi connectivity index (χ2v) is 9.10. The third kappa shape index (κ3) is 5.30. The minimum absolute atomic E-state index is 0.0819. The van der Waals surface area contributed by atoms with Gasteiger partial charge in [0.1, 0.15) is 11.4 Å². The van der Waals surface area contributed by atoms with E-state index < -0.39 is 35.1 Å². The molecule has 4 N–H and O–H groups in total. The van der Waals surface area contributed by atoms with Crippen LogP contribution in [0.3, 0.4) is 0 Å². The summed E-state index contributed by atoms with van der Waals surface area (Å²) in [7, 11) is 0. The molecule has 0 atom stereocenters. The number of hydrogen-bond donors (Lipinski definition) is 3. The maximum absolute atomic E-state index is 13.5. The largest absolute Gasteiger partial charge is 0.478 e. The van der Waals surface area contributed by atoms with Crippen molar-refractivity contribution < 1.29 is 37.8 Å². The smallest absolute Gasteiger partial charge is 0.417 e. The molecule has 5 aromatic rings. The Kier molecular flexibility index (Phi) is 6.77. The number of hydrogen-bond acceptors (Lipinski definition) is 7. The van der Waals surface area contributed by atoms with Crippen LogP contribution in [0, 0.1) is 6.92 Å². The highest BCUT2D eigenvalue weighted by Crippen LogP contribution is 2.34. The number of aromatic nitrogens is 6. The number of aromatic carboxylic acids is 2. The second kappa shape index (κ2) is 10.3. The zero-order valence-electron chi connectivity index (χ0n) is 21.4.